The molecule has 0 aromatic heterocycles. The van der Waals surface area contributed by atoms with Crippen LogP contribution in [0.25, 0.3) is 0 Å². The van der Waals surface area contributed by atoms with Crippen LogP contribution in [0.2, 0.25) is 0 Å². The largest absolute Gasteiger partial charge is 0.441 e. The Bertz CT molecular complexity index is 879. The van der Waals surface area contributed by atoms with E-state index in [1.165, 1.54) is 4.90 Å². The fourth-order valence-corrected chi connectivity index (χ4v) is 5.38. The van der Waals surface area contributed by atoms with Gasteiger partial charge in [0.2, 0.25) is 0 Å². The highest BCUT2D eigenvalue weighted by atomic mass is 32.2. The monoisotopic (exact) mass is 373 g/mol. The quantitative estimate of drug-likeness (QED) is 0.789. The highest BCUT2D eigenvalue weighted by Crippen LogP contribution is 2.44. The van der Waals surface area contributed by atoms with Gasteiger partial charge in [-0.2, -0.15) is 0 Å². The molecule has 1 aliphatic rings. The summed E-state index contributed by atoms with van der Waals surface area (Å²) in [6, 6.07) is 17.2. The molecule has 0 N–H and O–H groups in total. The zero-order chi connectivity index (χ0) is 18.9. The van der Waals surface area contributed by atoms with E-state index in [0.29, 0.717) is 0 Å². The lowest BCUT2D eigenvalue weighted by atomic mass is 9.91. The van der Waals surface area contributed by atoms with E-state index in [1.54, 1.807) is 37.3 Å². The lowest BCUT2D eigenvalue weighted by Crippen LogP contribution is -2.44. The smallest absolute Gasteiger partial charge is 0.412 e. The van der Waals surface area contributed by atoms with E-state index < -0.39 is 32.9 Å². The van der Waals surface area contributed by atoms with Gasteiger partial charge in [0.05, 0.1) is 4.90 Å². The topological polar surface area (TPSA) is 63.7 Å². The number of benzene rings is 2. The van der Waals surface area contributed by atoms with Gasteiger partial charge < -0.3 is 4.74 Å². The summed E-state index contributed by atoms with van der Waals surface area (Å²) in [6.07, 6.45) is -0.332. The molecular weight excluding hydrogens is 350 g/mol. The Morgan fingerprint density at radius 1 is 1.04 bits per heavy atom. The Labute approximate surface area is 154 Å². The second-order valence-electron chi connectivity index (χ2n) is 6.91. The Hall–Kier alpha value is -2.34. The standard InChI is InChI=1S/C20H23NO4S/c1-4-17(26(23,24)16-13-9-6-10-14-16)21-18(15-11-7-5-8-12-15)20(2,3)25-19(21)22/h5-14,17-18H,4H2,1-3H3/t17?,18-/m1/s1. The first-order valence-electron chi connectivity index (χ1n) is 8.64. The van der Waals surface area contributed by atoms with Crippen molar-refractivity contribution in [2.24, 2.45) is 0 Å². The Kier molecular flexibility index (Phi) is 4.80. The van der Waals surface area contributed by atoms with Gasteiger partial charge in [-0.1, -0.05) is 55.5 Å². The fraction of sp³-hybridized carbons (Fsp3) is 0.350. The molecule has 138 valence electrons. The molecule has 0 radical (unpaired) electrons. The van der Waals surface area contributed by atoms with Crippen LogP contribution in [0.15, 0.2) is 65.6 Å². The summed E-state index contributed by atoms with van der Waals surface area (Å²) in [6.45, 7) is 5.39. The van der Waals surface area contributed by atoms with Crippen molar-refractivity contribution in [1.82, 2.24) is 4.90 Å². The van der Waals surface area contributed by atoms with E-state index in [0.717, 1.165) is 5.56 Å². The highest BCUT2D eigenvalue weighted by molar-refractivity contribution is 7.92. The maximum absolute atomic E-state index is 13.2. The summed E-state index contributed by atoms with van der Waals surface area (Å²) in [5.74, 6) is 0. The number of carbonyl (C=O) groups is 1. The predicted molar refractivity (Wildman–Crippen MR) is 99.3 cm³/mol. The number of rotatable bonds is 5. The molecule has 3 rings (SSSR count). The van der Waals surface area contributed by atoms with Crippen LogP contribution in [-0.2, 0) is 14.6 Å². The molecule has 1 saturated heterocycles. The molecule has 6 heteroatoms. The van der Waals surface area contributed by atoms with Gasteiger partial charge in [0.1, 0.15) is 17.0 Å². The van der Waals surface area contributed by atoms with Crippen LogP contribution in [0.3, 0.4) is 0 Å². The van der Waals surface area contributed by atoms with Gasteiger partial charge >= 0.3 is 6.09 Å². The molecule has 26 heavy (non-hydrogen) atoms. The second kappa shape index (κ2) is 6.76. The minimum absolute atomic E-state index is 0.205. The maximum atomic E-state index is 13.2. The van der Waals surface area contributed by atoms with Crippen LogP contribution in [0.4, 0.5) is 4.79 Å². The van der Waals surface area contributed by atoms with Gasteiger partial charge in [-0.15, -0.1) is 0 Å². The lowest BCUT2D eigenvalue weighted by molar-refractivity contribution is 0.0674. The third-order valence-corrected chi connectivity index (χ3v) is 6.91. The van der Waals surface area contributed by atoms with Crippen molar-refractivity contribution in [3.63, 3.8) is 0 Å². The van der Waals surface area contributed by atoms with Gasteiger partial charge in [-0.05, 0) is 38.0 Å². The number of ether oxygens (including phenoxy) is 1. The minimum Gasteiger partial charge on any atom is -0.441 e. The second-order valence-corrected chi connectivity index (χ2v) is 9.02. The summed E-state index contributed by atoms with van der Waals surface area (Å²) in [5, 5.41) is -0.996. The predicted octanol–water partition coefficient (Wildman–Crippen LogP) is 4.17. The minimum atomic E-state index is -3.73. The van der Waals surface area contributed by atoms with Crippen LogP contribution in [0.5, 0.6) is 0 Å². The number of carbonyl (C=O) groups excluding carboxylic acids is 1. The van der Waals surface area contributed by atoms with E-state index in [1.807, 2.05) is 44.2 Å². The van der Waals surface area contributed by atoms with E-state index >= 15 is 0 Å². The van der Waals surface area contributed by atoms with Crippen molar-refractivity contribution in [2.45, 2.75) is 49.1 Å². The average Bonchev–Trinajstić information content (AvgIpc) is 2.85. The summed E-state index contributed by atoms with van der Waals surface area (Å²) in [4.78, 5) is 14.3. The number of amides is 1. The fourth-order valence-electron chi connectivity index (χ4n) is 3.59. The maximum Gasteiger partial charge on any atom is 0.412 e. The van der Waals surface area contributed by atoms with E-state index in [4.69, 9.17) is 4.74 Å². The zero-order valence-corrected chi connectivity index (χ0v) is 15.9. The molecule has 0 saturated carbocycles. The van der Waals surface area contributed by atoms with Gasteiger partial charge in [0, 0.05) is 0 Å². The average molecular weight is 373 g/mol. The molecule has 2 atom stereocenters. The van der Waals surface area contributed by atoms with Crippen molar-refractivity contribution in [3.05, 3.63) is 66.2 Å². The van der Waals surface area contributed by atoms with Crippen molar-refractivity contribution in [3.8, 4) is 0 Å². The molecule has 0 aliphatic carbocycles. The molecule has 1 aliphatic heterocycles. The van der Waals surface area contributed by atoms with Gasteiger partial charge in [-0.3, -0.25) is 4.90 Å². The normalized spacial score (nSPS) is 20.7. The number of nitrogens with zero attached hydrogens (tertiary/aromatic N) is 1. The molecule has 1 unspecified atom stereocenters. The Morgan fingerprint density at radius 3 is 2.12 bits per heavy atom. The molecule has 0 spiro atoms. The summed E-state index contributed by atoms with van der Waals surface area (Å²) in [5.41, 5.74) is 0.0167. The molecule has 1 fully saturated rings. The summed E-state index contributed by atoms with van der Waals surface area (Å²) < 4.78 is 32.0. The Balaban J connectivity index is 2.10. The number of sulfone groups is 1. The molecular formula is C20H23NO4S. The van der Waals surface area contributed by atoms with Crippen molar-refractivity contribution in [2.75, 3.05) is 0 Å². The Morgan fingerprint density at radius 2 is 1.58 bits per heavy atom. The van der Waals surface area contributed by atoms with Crippen LogP contribution in [0.1, 0.15) is 38.8 Å². The van der Waals surface area contributed by atoms with E-state index in [9.17, 15) is 13.2 Å². The van der Waals surface area contributed by atoms with Crippen molar-refractivity contribution >= 4 is 15.9 Å². The highest BCUT2D eigenvalue weighted by Gasteiger charge is 2.53. The first kappa shape index (κ1) is 18.5. The molecule has 2 aromatic rings. The summed E-state index contributed by atoms with van der Waals surface area (Å²) in [7, 11) is -3.73. The SMILES string of the molecule is CCC(N1C(=O)OC(C)(C)[C@H]1c1ccccc1)S(=O)(=O)c1ccccc1. The lowest BCUT2D eigenvalue weighted by Gasteiger charge is -2.33. The molecule has 2 aromatic carbocycles. The van der Waals surface area contributed by atoms with Crippen LogP contribution >= 0.6 is 0 Å². The van der Waals surface area contributed by atoms with Gasteiger partial charge in [-0.25, -0.2) is 13.2 Å². The van der Waals surface area contributed by atoms with E-state index in [-0.39, 0.29) is 11.3 Å². The molecule has 5 nitrogen and oxygen atoms in total. The van der Waals surface area contributed by atoms with Crippen molar-refractivity contribution < 1.29 is 17.9 Å². The van der Waals surface area contributed by atoms with Crippen LogP contribution in [-0.4, -0.2) is 30.4 Å². The van der Waals surface area contributed by atoms with E-state index in [2.05, 4.69) is 0 Å². The molecule has 1 amide bonds. The number of cyclic esters (lactones) is 1. The number of hydrogen-bond acceptors (Lipinski definition) is 4. The zero-order valence-electron chi connectivity index (χ0n) is 15.1. The van der Waals surface area contributed by atoms with Crippen molar-refractivity contribution in [1.29, 1.82) is 0 Å². The van der Waals surface area contributed by atoms with Gasteiger partial charge in [0.25, 0.3) is 0 Å². The molecule has 1 heterocycles. The van der Waals surface area contributed by atoms with Gasteiger partial charge in [0.15, 0.2) is 9.84 Å². The van der Waals surface area contributed by atoms with Crippen LogP contribution < -0.4 is 0 Å². The first-order valence-corrected chi connectivity index (χ1v) is 10.2. The first-order chi connectivity index (χ1) is 12.3. The number of hydrogen-bond donors (Lipinski definition) is 0. The third-order valence-electron chi connectivity index (χ3n) is 4.70. The van der Waals surface area contributed by atoms with Crippen LogP contribution in [0, 0.1) is 0 Å². The molecule has 0 bridgehead atoms. The summed E-state index contributed by atoms with van der Waals surface area (Å²) >= 11 is 0. The third kappa shape index (κ3) is 3.09.